The van der Waals surface area contributed by atoms with E-state index < -0.39 is 11.5 Å². The highest BCUT2D eigenvalue weighted by Crippen LogP contribution is 2.90. The van der Waals surface area contributed by atoms with Crippen LogP contribution >= 0.6 is 11.6 Å². The van der Waals surface area contributed by atoms with E-state index in [1.807, 2.05) is 24.3 Å². The Kier molecular flexibility index (Phi) is 4.32. The van der Waals surface area contributed by atoms with Crippen molar-refractivity contribution in [2.24, 2.45) is 22.2 Å². The highest BCUT2D eigenvalue weighted by atomic mass is 35.5. The van der Waals surface area contributed by atoms with Crippen LogP contribution in [0.15, 0.2) is 65.8 Å². The molecule has 2 spiro atoms. The standard InChI is InChI=1S/C32H34ClNO2/c1-28(2)26-19-24(29(3)11-16-32(26,28)29)25-17-20-7-4-5-10-23(20)30(25)12-14-31(15-13-30,27(35)36)34-22-9-6-8-21(33)18-22/h4-10,17-19,26,34H,11-16H2,1-3H3,(H,35,36). The number of carboxylic acid groups (broad SMARTS) is 1. The maximum absolute atomic E-state index is 12.7. The van der Waals surface area contributed by atoms with Crippen molar-refractivity contribution >= 4 is 29.3 Å². The lowest BCUT2D eigenvalue weighted by molar-refractivity contribution is -0.143. The van der Waals surface area contributed by atoms with E-state index in [1.165, 1.54) is 29.5 Å². The second kappa shape index (κ2) is 6.86. The molecule has 3 atom stereocenters. The van der Waals surface area contributed by atoms with E-state index >= 15 is 0 Å². The van der Waals surface area contributed by atoms with Crippen molar-refractivity contribution < 1.29 is 9.90 Å². The number of anilines is 1. The van der Waals surface area contributed by atoms with E-state index in [1.54, 1.807) is 5.57 Å². The van der Waals surface area contributed by atoms with Crippen LogP contribution in [0, 0.1) is 22.2 Å². The quantitative estimate of drug-likeness (QED) is 0.450. The average Bonchev–Trinajstić information content (AvgIpc) is 3.11. The highest BCUT2D eigenvalue weighted by Gasteiger charge is 2.84. The summed E-state index contributed by atoms with van der Waals surface area (Å²) in [6.07, 6.45) is 10.5. The number of benzene rings is 2. The molecule has 0 radical (unpaired) electrons. The van der Waals surface area contributed by atoms with Crippen molar-refractivity contribution in [3.63, 3.8) is 0 Å². The van der Waals surface area contributed by atoms with Gasteiger partial charge in [-0.2, -0.15) is 0 Å². The SMILES string of the molecule is CC12CCC13C(C=C2C1=Cc2ccccc2C12CCC(Nc1cccc(Cl)c1)(C(=O)O)CC2)C3(C)C. The Bertz CT molecular complexity index is 1380. The lowest BCUT2D eigenvalue weighted by atomic mass is 9.50. The van der Waals surface area contributed by atoms with Crippen molar-refractivity contribution in [2.75, 3.05) is 5.32 Å². The summed E-state index contributed by atoms with van der Waals surface area (Å²) in [4.78, 5) is 12.7. The Morgan fingerprint density at radius 3 is 2.33 bits per heavy atom. The molecule has 0 saturated heterocycles. The van der Waals surface area contributed by atoms with E-state index in [9.17, 15) is 9.90 Å². The molecule has 0 aliphatic heterocycles. The zero-order chi connectivity index (χ0) is 25.1. The van der Waals surface area contributed by atoms with Crippen LogP contribution < -0.4 is 5.32 Å². The number of allylic oxidation sites excluding steroid dienone is 3. The molecule has 3 fully saturated rings. The van der Waals surface area contributed by atoms with E-state index in [0.717, 1.165) is 18.5 Å². The number of fused-ring (bicyclic) bond motifs is 2. The largest absolute Gasteiger partial charge is 0.480 e. The molecule has 36 heavy (non-hydrogen) atoms. The molecule has 3 nitrogen and oxygen atoms in total. The molecule has 0 amide bonds. The van der Waals surface area contributed by atoms with Crippen molar-refractivity contribution in [1.82, 2.24) is 0 Å². The second-order valence-electron chi connectivity index (χ2n) is 12.8. The highest BCUT2D eigenvalue weighted by molar-refractivity contribution is 6.30. The number of carboxylic acids is 1. The fourth-order valence-electron chi connectivity index (χ4n) is 9.37. The van der Waals surface area contributed by atoms with Gasteiger partial charge in [0.05, 0.1) is 0 Å². The fraction of sp³-hybridized carbons (Fsp3) is 0.469. The van der Waals surface area contributed by atoms with Gasteiger partial charge in [0, 0.05) is 16.1 Å². The first kappa shape index (κ1) is 22.7. The van der Waals surface area contributed by atoms with Gasteiger partial charge in [0.25, 0.3) is 0 Å². The summed E-state index contributed by atoms with van der Waals surface area (Å²) >= 11 is 6.21. The van der Waals surface area contributed by atoms with Gasteiger partial charge in [-0.25, -0.2) is 4.79 Å². The molecule has 5 aliphatic rings. The third kappa shape index (κ3) is 2.49. The summed E-state index contributed by atoms with van der Waals surface area (Å²) in [5.74, 6) is -0.103. The number of hydrogen-bond donors (Lipinski definition) is 2. The third-order valence-corrected chi connectivity index (χ3v) is 11.7. The minimum absolute atomic E-state index is 0.113. The predicted molar refractivity (Wildman–Crippen MR) is 145 cm³/mol. The summed E-state index contributed by atoms with van der Waals surface area (Å²) in [6, 6.07) is 16.2. The first-order valence-corrected chi connectivity index (χ1v) is 13.8. The minimum atomic E-state index is -0.992. The van der Waals surface area contributed by atoms with Crippen molar-refractivity contribution in [2.45, 2.75) is 70.3 Å². The van der Waals surface area contributed by atoms with E-state index in [4.69, 9.17) is 11.6 Å². The van der Waals surface area contributed by atoms with Crippen LogP contribution in [0.1, 0.15) is 70.4 Å². The Morgan fingerprint density at radius 1 is 0.944 bits per heavy atom. The Balaban J connectivity index is 1.27. The Labute approximate surface area is 218 Å². The normalized spacial score (nSPS) is 33.5. The van der Waals surface area contributed by atoms with Gasteiger partial charge in [0.15, 0.2) is 0 Å². The summed E-state index contributed by atoms with van der Waals surface area (Å²) in [5.41, 5.74) is 6.49. The van der Waals surface area contributed by atoms with Crippen LogP contribution in [-0.4, -0.2) is 16.6 Å². The van der Waals surface area contributed by atoms with Gasteiger partial charge < -0.3 is 10.4 Å². The molecule has 2 aromatic carbocycles. The zero-order valence-electron chi connectivity index (χ0n) is 21.3. The molecule has 5 aliphatic carbocycles. The smallest absolute Gasteiger partial charge is 0.329 e. The van der Waals surface area contributed by atoms with Gasteiger partial charge in [-0.3, -0.25) is 0 Å². The Hall–Kier alpha value is -2.52. The second-order valence-corrected chi connectivity index (χ2v) is 13.3. The third-order valence-electron chi connectivity index (χ3n) is 11.5. The van der Waals surface area contributed by atoms with Crippen molar-refractivity contribution in [3.05, 3.63) is 81.9 Å². The van der Waals surface area contributed by atoms with Crippen molar-refractivity contribution in [3.8, 4) is 0 Å². The molecule has 0 heterocycles. The summed E-state index contributed by atoms with van der Waals surface area (Å²) in [5, 5.41) is 14.4. The van der Waals surface area contributed by atoms with Crippen LogP contribution in [0.2, 0.25) is 5.02 Å². The molecule has 7 rings (SSSR count). The fourth-order valence-corrected chi connectivity index (χ4v) is 9.56. The lowest BCUT2D eigenvalue weighted by Crippen LogP contribution is -2.53. The molecule has 3 saturated carbocycles. The number of aliphatic carboxylic acids is 1. The first-order chi connectivity index (χ1) is 17.1. The number of rotatable bonds is 4. The van der Waals surface area contributed by atoms with Gasteiger partial charge in [-0.1, -0.05) is 74.9 Å². The average molecular weight is 500 g/mol. The number of carbonyl (C=O) groups is 1. The number of hydrogen-bond acceptors (Lipinski definition) is 2. The van der Waals surface area contributed by atoms with Crippen LogP contribution in [0.5, 0.6) is 0 Å². The molecular weight excluding hydrogens is 466 g/mol. The maximum atomic E-state index is 12.7. The predicted octanol–water partition coefficient (Wildman–Crippen LogP) is 7.87. The number of nitrogens with one attached hydrogen (secondary N) is 1. The molecule has 4 heteroatoms. The molecule has 0 aromatic heterocycles. The molecule has 2 N–H and O–H groups in total. The molecule has 2 aromatic rings. The van der Waals surface area contributed by atoms with Crippen LogP contribution in [-0.2, 0) is 10.2 Å². The summed E-state index contributed by atoms with van der Waals surface area (Å²) in [6.45, 7) is 7.43. The summed E-state index contributed by atoms with van der Waals surface area (Å²) in [7, 11) is 0. The molecule has 186 valence electrons. The molecular formula is C32H34ClNO2. The zero-order valence-corrected chi connectivity index (χ0v) is 22.1. The molecule has 3 unspecified atom stereocenters. The first-order valence-electron chi connectivity index (χ1n) is 13.4. The van der Waals surface area contributed by atoms with Gasteiger partial charge >= 0.3 is 5.97 Å². The van der Waals surface area contributed by atoms with Crippen LogP contribution in [0.25, 0.3) is 6.08 Å². The van der Waals surface area contributed by atoms with E-state index in [-0.39, 0.29) is 10.8 Å². The van der Waals surface area contributed by atoms with Gasteiger partial charge in [0.1, 0.15) is 5.54 Å². The van der Waals surface area contributed by atoms with E-state index in [0.29, 0.717) is 34.6 Å². The molecule has 0 bridgehead atoms. The monoisotopic (exact) mass is 499 g/mol. The van der Waals surface area contributed by atoms with E-state index in [2.05, 4.69) is 62.5 Å². The minimum Gasteiger partial charge on any atom is -0.480 e. The van der Waals surface area contributed by atoms with Gasteiger partial charge in [-0.05, 0) is 101 Å². The Morgan fingerprint density at radius 2 is 1.69 bits per heavy atom. The van der Waals surface area contributed by atoms with Crippen LogP contribution in [0.4, 0.5) is 5.69 Å². The maximum Gasteiger partial charge on any atom is 0.329 e. The summed E-state index contributed by atoms with van der Waals surface area (Å²) < 4.78 is 0. The number of halogens is 1. The topological polar surface area (TPSA) is 49.3 Å². The van der Waals surface area contributed by atoms with Gasteiger partial charge in [-0.15, -0.1) is 0 Å². The lowest BCUT2D eigenvalue weighted by Gasteiger charge is -2.54. The van der Waals surface area contributed by atoms with Crippen molar-refractivity contribution in [1.29, 1.82) is 0 Å². The van der Waals surface area contributed by atoms with Gasteiger partial charge in [0.2, 0.25) is 0 Å². The van der Waals surface area contributed by atoms with Crippen LogP contribution in [0.3, 0.4) is 0 Å².